The van der Waals surface area contributed by atoms with Crippen LogP contribution in [0.15, 0.2) is 29.2 Å². The molecule has 2 rings (SSSR count). The van der Waals surface area contributed by atoms with Gasteiger partial charge in [0.15, 0.2) is 0 Å². The minimum absolute atomic E-state index is 0.882. The standard InChI is InChI=1S/C16H26N2OS/c1-20(19)16-7-5-15(6-8-16)18-11-3-2-4-14-9-12-17-13-10-14/h5-8,14,17-18H,2-4,9-13H2,1H3. The van der Waals surface area contributed by atoms with Crippen molar-refractivity contribution in [1.82, 2.24) is 5.32 Å². The Morgan fingerprint density at radius 1 is 1.20 bits per heavy atom. The Morgan fingerprint density at radius 3 is 2.55 bits per heavy atom. The summed E-state index contributed by atoms with van der Waals surface area (Å²) >= 11 is 0. The van der Waals surface area contributed by atoms with E-state index in [2.05, 4.69) is 10.6 Å². The highest BCUT2D eigenvalue weighted by Gasteiger charge is 2.11. The molecule has 0 aliphatic carbocycles. The Bertz CT molecular complexity index is 413. The van der Waals surface area contributed by atoms with Crippen molar-refractivity contribution >= 4 is 16.5 Å². The fourth-order valence-electron chi connectivity index (χ4n) is 2.73. The fourth-order valence-corrected chi connectivity index (χ4v) is 3.24. The Balaban J connectivity index is 1.59. The van der Waals surface area contributed by atoms with E-state index < -0.39 is 10.8 Å². The van der Waals surface area contributed by atoms with Crippen LogP contribution in [-0.2, 0) is 10.8 Å². The maximum absolute atomic E-state index is 11.3. The molecule has 2 N–H and O–H groups in total. The molecular weight excluding hydrogens is 268 g/mol. The normalized spacial score (nSPS) is 17.9. The van der Waals surface area contributed by atoms with Crippen LogP contribution >= 0.6 is 0 Å². The van der Waals surface area contributed by atoms with E-state index >= 15 is 0 Å². The van der Waals surface area contributed by atoms with E-state index in [0.717, 1.165) is 23.0 Å². The van der Waals surface area contributed by atoms with Gasteiger partial charge in [-0.15, -0.1) is 0 Å². The van der Waals surface area contributed by atoms with Crippen LogP contribution in [-0.4, -0.2) is 30.1 Å². The van der Waals surface area contributed by atoms with Gasteiger partial charge in [-0.1, -0.05) is 12.8 Å². The molecule has 0 amide bonds. The molecule has 0 spiro atoms. The van der Waals surface area contributed by atoms with Crippen molar-refractivity contribution in [2.24, 2.45) is 5.92 Å². The van der Waals surface area contributed by atoms with Crippen molar-refractivity contribution < 1.29 is 4.21 Å². The van der Waals surface area contributed by atoms with E-state index in [-0.39, 0.29) is 0 Å². The molecule has 1 heterocycles. The summed E-state index contributed by atoms with van der Waals surface area (Å²) in [5.74, 6) is 0.940. The Morgan fingerprint density at radius 2 is 1.90 bits per heavy atom. The van der Waals surface area contributed by atoms with E-state index in [9.17, 15) is 4.21 Å². The number of unbranched alkanes of at least 4 members (excludes halogenated alkanes) is 1. The maximum atomic E-state index is 11.3. The van der Waals surface area contributed by atoms with E-state index in [1.54, 1.807) is 6.26 Å². The van der Waals surface area contributed by atoms with E-state index in [0.29, 0.717) is 0 Å². The lowest BCUT2D eigenvalue weighted by Gasteiger charge is -2.22. The predicted molar refractivity (Wildman–Crippen MR) is 86.7 cm³/mol. The molecule has 0 aromatic heterocycles. The van der Waals surface area contributed by atoms with Crippen molar-refractivity contribution in [2.75, 3.05) is 31.2 Å². The zero-order chi connectivity index (χ0) is 14.2. The van der Waals surface area contributed by atoms with Crippen molar-refractivity contribution in [2.45, 2.75) is 37.0 Å². The van der Waals surface area contributed by atoms with E-state index in [1.165, 1.54) is 45.2 Å². The summed E-state index contributed by atoms with van der Waals surface area (Å²) in [6, 6.07) is 7.91. The molecule has 0 saturated carbocycles. The van der Waals surface area contributed by atoms with Gasteiger partial charge in [-0.05, 0) is 62.5 Å². The van der Waals surface area contributed by atoms with Crippen LogP contribution in [0.3, 0.4) is 0 Å². The van der Waals surface area contributed by atoms with Crippen molar-refractivity contribution in [3.05, 3.63) is 24.3 Å². The largest absolute Gasteiger partial charge is 0.385 e. The zero-order valence-electron chi connectivity index (χ0n) is 12.4. The van der Waals surface area contributed by atoms with Crippen molar-refractivity contribution in [3.8, 4) is 0 Å². The second kappa shape index (κ2) is 8.42. The first-order valence-corrected chi connectivity index (χ1v) is 9.19. The summed E-state index contributed by atoms with van der Waals surface area (Å²) in [6.45, 7) is 3.43. The molecule has 4 heteroatoms. The number of piperidine rings is 1. The Hall–Kier alpha value is -0.870. The molecule has 1 unspecified atom stereocenters. The van der Waals surface area contributed by atoms with E-state index in [4.69, 9.17) is 0 Å². The van der Waals surface area contributed by atoms with Gasteiger partial charge in [0.05, 0.1) is 0 Å². The van der Waals surface area contributed by atoms with Gasteiger partial charge in [-0.25, -0.2) is 0 Å². The monoisotopic (exact) mass is 294 g/mol. The smallest absolute Gasteiger partial charge is 0.0498 e. The molecule has 20 heavy (non-hydrogen) atoms. The molecule has 1 aliphatic rings. The Labute approximate surface area is 125 Å². The van der Waals surface area contributed by atoms with Gasteiger partial charge in [-0.3, -0.25) is 4.21 Å². The molecule has 1 aliphatic heterocycles. The third kappa shape index (κ3) is 5.25. The van der Waals surface area contributed by atoms with Crippen LogP contribution in [0.4, 0.5) is 5.69 Å². The van der Waals surface area contributed by atoms with Crippen LogP contribution in [0.1, 0.15) is 32.1 Å². The summed E-state index contributed by atoms with van der Waals surface area (Å²) in [7, 11) is -0.882. The first-order chi connectivity index (χ1) is 9.75. The van der Waals surface area contributed by atoms with Gasteiger partial charge in [0.25, 0.3) is 0 Å². The fraction of sp³-hybridized carbons (Fsp3) is 0.625. The highest BCUT2D eigenvalue weighted by atomic mass is 32.2. The summed E-state index contributed by atoms with van der Waals surface area (Å²) in [6.07, 6.45) is 8.33. The van der Waals surface area contributed by atoms with Crippen molar-refractivity contribution in [1.29, 1.82) is 0 Å². The second-order valence-corrected chi connectivity index (χ2v) is 6.97. The number of benzene rings is 1. The summed E-state index contributed by atoms with van der Waals surface area (Å²) in [5, 5.41) is 6.85. The lowest BCUT2D eigenvalue weighted by Crippen LogP contribution is -2.27. The molecule has 1 atom stereocenters. The second-order valence-electron chi connectivity index (χ2n) is 5.59. The lowest BCUT2D eigenvalue weighted by atomic mass is 9.92. The molecule has 3 nitrogen and oxygen atoms in total. The van der Waals surface area contributed by atoms with Crippen LogP contribution < -0.4 is 10.6 Å². The lowest BCUT2D eigenvalue weighted by molar-refractivity contribution is 0.345. The molecule has 0 radical (unpaired) electrons. The summed E-state index contributed by atoms with van der Waals surface area (Å²) < 4.78 is 11.3. The maximum Gasteiger partial charge on any atom is 0.0498 e. The topological polar surface area (TPSA) is 41.1 Å². The van der Waals surface area contributed by atoms with Gasteiger partial charge in [0.1, 0.15) is 0 Å². The number of nitrogens with one attached hydrogen (secondary N) is 2. The number of hydrogen-bond acceptors (Lipinski definition) is 3. The van der Waals surface area contributed by atoms with Crippen LogP contribution in [0.2, 0.25) is 0 Å². The van der Waals surface area contributed by atoms with Crippen LogP contribution in [0.25, 0.3) is 0 Å². The highest BCUT2D eigenvalue weighted by molar-refractivity contribution is 7.84. The Kier molecular flexibility index (Phi) is 6.54. The number of hydrogen-bond donors (Lipinski definition) is 2. The average molecular weight is 294 g/mol. The molecule has 1 fully saturated rings. The van der Waals surface area contributed by atoms with Gasteiger partial charge >= 0.3 is 0 Å². The summed E-state index contributed by atoms with van der Waals surface area (Å²) in [4.78, 5) is 0.890. The number of rotatable bonds is 7. The molecule has 1 aromatic carbocycles. The van der Waals surface area contributed by atoms with Gasteiger partial charge < -0.3 is 10.6 Å². The summed E-state index contributed by atoms with van der Waals surface area (Å²) in [5.41, 5.74) is 1.13. The molecular formula is C16H26N2OS. The van der Waals surface area contributed by atoms with E-state index in [1.807, 2.05) is 24.3 Å². The molecule has 0 bridgehead atoms. The van der Waals surface area contributed by atoms with Crippen LogP contribution in [0, 0.1) is 5.92 Å². The third-order valence-electron chi connectivity index (χ3n) is 4.01. The first kappa shape index (κ1) is 15.5. The van der Waals surface area contributed by atoms with Gasteiger partial charge in [-0.2, -0.15) is 0 Å². The van der Waals surface area contributed by atoms with Gasteiger partial charge in [0.2, 0.25) is 0 Å². The first-order valence-electron chi connectivity index (χ1n) is 7.64. The highest BCUT2D eigenvalue weighted by Crippen LogP contribution is 2.18. The van der Waals surface area contributed by atoms with Gasteiger partial charge in [0, 0.05) is 34.2 Å². The third-order valence-corrected chi connectivity index (χ3v) is 4.95. The zero-order valence-corrected chi connectivity index (χ0v) is 13.2. The SMILES string of the molecule is CS(=O)c1ccc(NCCCCC2CCNCC2)cc1. The van der Waals surface area contributed by atoms with Crippen molar-refractivity contribution in [3.63, 3.8) is 0 Å². The minimum Gasteiger partial charge on any atom is -0.385 e. The quantitative estimate of drug-likeness (QED) is 0.760. The molecule has 112 valence electrons. The number of anilines is 1. The van der Waals surface area contributed by atoms with Crippen LogP contribution in [0.5, 0.6) is 0 Å². The predicted octanol–water partition coefficient (Wildman–Crippen LogP) is 3.01. The molecule has 1 saturated heterocycles. The molecule has 1 aromatic rings. The average Bonchev–Trinajstić information content (AvgIpc) is 2.48. The minimum atomic E-state index is -0.882.